The van der Waals surface area contributed by atoms with Crippen LogP contribution in [-0.4, -0.2) is 30.0 Å². The quantitative estimate of drug-likeness (QED) is 0.806. The molecule has 0 unspecified atom stereocenters. The van der Waals surface area contributed by atoms with Gasteiger partial charge in [-0.25, -0.2) is 9.66 Å². The molecule has 4 nitrogen and oxygen atoms in total. The van der Waals surface area contributed by atoms with E-state index in [9.17, 15) is 0 Å². The Labute approximate surface area is 120 Å². The molecule has 0 saturated heterocycles. The van der Waals surface area contributed by atoms with Crippen molar-refractivity contribution < 1.29 is 0 Å². The first kappa shape index (κ1) is 15.2. The van der Waals surface area contributed by atoms with Gasteiger partial charge in [0.1, 0.15) is 5.82 Å². The van der Waals surface area contributed by atoms with Gasteiger partial charge in [0.25, 0.3) is 0 Å². The number of hydrogen-bond donors (Lipinski definition) is 0. The summed E-state index contributed by atoms with van der Waals surface area (Å²) in [5.41, 5.74) is 2.26. The Bertz CT molecular complexity index is 529. The Morgan fingerprint density at radius 1 is 1.26 bits per heavy atom. The average Bonchev–Trinajstić information content (AvgIpc) is 2.84. The molecule has 0 aliphatic heterocycles. The zero-order valence-corrected chi connectivity index (χ0v) is 12.3. The lowest BCUT2D eigenvalue weighted by Crippen LogP contribution is -2.08. The summed E-state index contributed by atoms with van der Waals surface area (Å²) >= 11 is 0. The van der Waals surface area contributed by atoms with Gasteiger partial charge in [0.15, 0.2) is 0 Å². The summed E-state index contributed by atoms with van der Waals surface area (Å²) in [4.78, 5) is 6.30. The third-order valence-corrected chi connectivity index (χ3v) is 2.75. The van der Waals surface area contributed by atoms with Gasteiger partial charge in [-0.3, -0.25) is 0 Å². The summed E-state index contributed by atoms with van der Waals surface area (Å²) in [6, 6.07) is 8.27. The topological polar surface area (TPSA) is 33.4 Å². The van der Waals surface area contributed by atoms with Crippen LogP contribution >= 0.6 is 12.4 Å². The molecule has 2 rings (SSSR count). The second-order valence-corrected chi connectivity index (χ2v) is 4.27. The van der Waals surface area contributed by atoms with E-state index in [0.29, 0.717) is 0 Å². The third kappa shape index (κ3) is 3.83. The van der Waals surface area contributed by atoms with E-state index < -0.39 is 0 Å². The Hall–Kier alpha value is -1.81. The van der Waals surface area contributed by atoms with Crippen molar-refractivity contribution in [2.45, 2.75) is 13.3 Å². The molecular formula is C14H19ClN4. The molecule has 1 heterocycles. The highest BCUT2D eigenvalue weighted by Gasteiger charge is 1.97. The molecule has 1 aromatic carbocycles. The van der Waals surface area contributed by atoms with Crippen LogP contribution in [0.15, 0.2) is 41.8 Å². The number of hydrogen-bond acceptors (Lipinski definition) is 3. The van der Waals surface area contributed by atoms with Crippen LogP contribution in [0.1, 0.15) is 18.3 Å². The Morgan fingerprint density at radius 3 is 2.53 bits per heavy atom. The molecule has 2 aromatic rings. The van der Waals surface area contributed by atoms with Crippen LogP contribution in [0.2, 0.25) is 0 Å². The minimum absolute atomic E-state index is 0. The fraction of sp³-hybridized carbons (Fsp3) is 0.286. The van der Waals surface area contributed by atoms with Gasteiger partial charge in [0, 0.05) is 38.6 Å². The Morgan fingerprint density at radius 2 is 1.95 bits per heavy atom. The lowest BCUT2D eigenvalue weighted by Gasteiger charge is -2.11. The van der Waals surface area contributed by atoms with E-state index >= 15 is 0 Å². The van der Waals surface area contributed by atoms with Crippen molar-refractivity contribution in [3.05, 3.63) is 48.0 Å². The molecule has 5 heteroatoms. The van der Waals surface area contributed by atoms with Gasteiger partial charge in [0.2, 0.25) is 0 Å². The van der Waals surface area contributed by atoms with Crippen molar-refractivity contribution in [3.8, 4) is 0 Å². The number of rotatable bonds is 4. The van der Waals surface area contributed by atoms with E-state index in [2.05, 4.69) is 46.2 Å². The molecule has 0 radical (unpaired) electrons. The van der Waals surface area contributed by atoms with Crippen LogP contribution < -0.4 is 4.90 Å². The van der Waals surface area contributed by atoms with Crippen molar-refractivity contribution in [1.29, 1.82) is 0 Å². The molecule has 0 atom stereocenters. The molecule has 102 valence electrons. The normalized spacial score (nSPS) is 10.5. The fourth-order valence-corrected chi connectivity index (χ4v) is 1.67. The number of aryl methyl sites for hydroxylation is 1. The SMILES string of the molecule is CCc1nccn1N=Cc1ccc(N(C)C)cc1.Cl. The minimum Gasteiger partial charge on any atom is -0.378 e. The molecule has 0 N–H and O–H groups in total. The predicted octanol–water partition coefficient (Wildman–Crippen LogP) is 2.82. The highest BCUT2D eigenvalue weighted by Crippen LogP contribution is 2.11. The van der Waals surface area contributed by atoms with Crippen molar-refractivity contribution in [2.24, 2.45) is 5.10 Å². The van der Waals surface area contributed by atoms with Crippen LogP contribution in [0.25, 0.3) is 0 Å². The molecule has 0 fully saturated rings. The van der Waals surface area contributed by atoms with Gasteiger partial charge < -0.3 is 4.90 Å². The van der Waals surface area contributed by atoms with E-state index in [0.717, 1.165) is 17.8 Å². The lowest BCUT2D eigenvalue weighted by atomic mass is 10.2. The van der Waals surface area contributed by atoms with Crippen LogP contribution in [-0.2, 0) is 6.42 Å². The maximum Gasteiger partial charge on any atom is 0.129 e. The van der Waals surface area contributed by atoms with E-state index in [-0.39, 0.29) is 12.4 Å². The summed E-state index contributed by atoms with van der Waals surface area (Å²) in [6.45, 7) is 2.07. The maximum atomic E-state index is 4.40. The molecule has 0 amide bonds. The Kier molecular flexibility index (Phi) is 5.57. The molecule has 0 bridgehead atoms. The number of anilines is 1. The molecule has 0 spiro atoms. The maximum absolute atomic E-state index is 4.40. The van der Waals surface area contributed by atoms with Crippen molar-refractivity contribution in [2.75, 3.05) is 19.0 Å². The number of halogens is 1. The van der Waals surface area contributed by atoms with E-state index in [1.165, 1.54) is 5.69 Å². The second-order valence-electron chi connectivity index (χ2n) is 4.27. The summed E-state index contributed by atoms with van der Waals surface area (Å²) < 4.78 is 1.81. The van der Waals surface area contributed by atoms with Gasteiger partial charge in [-0.1, -0.05) is 19.1 Å². The van der Waals surface area contributed by atoms with Gasteiger partial charge in [0.05, 0.1) is 6.21 Å². The van der Waals surface area contributed by atoms with Crippen LogP contribution in [0.5, 0.6) is 0 Å². The van der Waals surface area contributed by atoms with Crippen molar-refractivity contribution >= 4 is 24.3 Å². The average molecular weight is 279 g/mol. The van der Waals surface area contributed by atoms with Crippen LogP contribution in [0, 0.1) is 0 Å². The molecule has 19 heavy (non-hydrogen) atoms. The monoisotopic (exact) mass is 278 g/mol. The van der Waals surface area contributed by atoms with E-state index in [1.807, 2.05) is 26.5 Å². The second kappa shape index (κ2) is 6.95. The zero-order valence-electron chi connectivity index (χ0n) is 11.4. The summed E-state index contributed by atoms with van der Waals surface area (Å²) in [7, 11) is 4.06. The standard InChI is InChI=1S/C14H18N4.ClH/c1-4-14-15-9-10-18(14)16-11-12-5-7-13(8-6-12)17(2)3;/h5-11H,4H2,1-3H3;1H. The van der Waals surface area contributed by atoms with Gasteiger partial charge in [-0.05, 0) is 17.7 Å². The van der Waals surface area contributed by atoms with Gasteiger partial charge in [-0.15, -0.1) is 12.4 Å². The number of nitrogens with zero attached hydrogens (tertiary/aromatic N) is 4. The van der Waals surface area contributed by atoms with Crippen molar-refractivity contribution in [1.82, 2.24) is 9.66 Å². The van der Waals surface area contributed by atoms with E-state index in [1.54, 1.807) is 10.9 Å². The molecule has 1 aromatic heterocycles. The molecule has 0 saturated carbocycles. The molecular weight excluding hydrogens is 260 g/mol. The fourth-order valence-electron chi connectivity index (χ4n) is 1.67. The number of benzene rings is 1. The summed E-state index contributed by atoms with van der Waals surface area (Å²) in [6.07, 6.45) is 6.36. The minimum atomic E-state index is 0. The van der Waals surface area contributed by atoms with E-state index in [4.69, 9.17) is 0 Å². The highest BCUT2D eigenvalue weighted by atomic mass is 35.5. The van der Waals surface area contributed by atoms with Crippen LogP contribution in [0.3, 0.4) is 0 Å². The zero-order chi connectivity index (χ0) is 13.0. The highest BCUT2D eigenvalue weighted by molar-refractivity contribution is 5.85. The molecule has 0 aliphatic carbocycles. The van der Waals surface area contributed by atoms with Gasteiger partial charge in [-0.2, -0.15) is 5.10 Å². The summed E-state index contributed by atoms with van der Waals surface area (Å²) in [5.74, 6) is 0.969. The lowest BCUT2D eigenvalue weighted by molar-refractivity contribution is 0.788. The first-order chi connectivity index (χ1) is 8.70. The first-order valence-corrected chi connectivity index (χ1v) is 6.04. The summed E-state index contributed by atoms with van der Waals surface area (Å²) in [5, 5.41) is 4.40. The largest absolute Gasteiger partial charge is 0.378 e. The number of imidazole rings is 1. The van der Waals surface area contributed by atoms with Crippen LogP contribution in [0.4, 0.5) is 5.69 Å². The van der Waals surface area contributed by atoms with Gasteiger partial charge >= 0.3 is 0 Å². The smallest absolute Gasteiger partial charge is 0.129 e. The van der Waals surface area contributed by atoms with Crippen molar-refractivity contribution in [3.63, 3.8) is 0 Å². The third-order valence-electron chi connectivity index (χ3n) is 2.75. The predicted molar refractivity (Wildman–Crippen MR) is 82.6 cm³/mol. The molecule has 0 aliphatic rings. The Balaban J connectivity index is 0.00000180. The first-order valence-electron chi connectivity index (χ1n) is 6.04. The number of aromatic nitrogens is 2.